The van der Waals surface area contributed by atoms with Gasteiger partial charge in [0.05, 0.1) is 13.2 Å². The Labute approximate surface area is 141 Å². The van der Waals surface area contributed by atoms with Crippen molar-refractivity contribution in [2.45, 2.75) is 27.2 Å². The molecule has 0 saturated heterocycles. The van der Waals surface area contributed by atoms with Gasteiger partial charge >= 0.3 is 5.97 Å². The maximum atomic E-state index is 11.6. The van der Waals surface area contributed by atoms with Crippen LogP contribution in [0, 0.1) is 5.92 Å². The van der Waals surface area contributed by atoms with Crippen molar-refractivity contribution in [3.63, 3.8) is 0 Å². The quantitative estimate of drug-likeness (QED) is 0.685. The van der Waals surface area contributed by atoms with Gasteiger partial charge in [0.1, 0.15) is 11.5 Å². The summed E-state index contributed by atoms with van der Waals surface area (Å²) in [6.45, 7) is 6.88. The predicted octanol–water partition coefficient (Wildman–Crippen LogP) is 4.74. The summed E-state index contributed by atoms with van der Waals surface area (Å²) in [6.07, 6.45) is 0.493. The van der Waals surface area contributed by atoms with Gasteiger partial charge in [-0.3, -0.25) is 0 Å². The Morgan fingerprint density at radius 3 is 2.74 bits per heavy atom. The van der Waals surface area contributed by atoms with Gasteiger partial charge in [0.25, 0.3) is 0 Å². The zero-order valence-corrected chi connectivity index (χ0v) is 14.4. The van der Waals surface area contributed by atoms with Gasteiger partial charge in [-0.1, -0.05) is 25.4 Å². The molecule has 0 atom stereocenters. The van der Waals surface area contributed by atoms with Crippen molar-refractivity contribution in [2.75, 3.05) is 13.2 Å². The average Bonchev–Trinajstić information content (AvgIpc) is 2.95. The summed E-state index contributed by atoms with van der Waals surface area (Å²) in [4.78, 5) is 11.6. The van der Waals surface area contributed by atoms with Crippen LogP contribution in [-0.2, 0) is 11.2 Å². The first kappa shape index (κ1) is 17.4. The molecular weight excluding hydrogens is 316 g/mol. The van der Waals surface area contributed by atoms with Crippen LogP contribution in [0.5, 0.6) is 5.75 Å². The average molecular weight is 337 g/mol. The first-order chi connectivity index (χ1) is 11.0. The highest BCUT2D eigenvalue weighted by atomic mass is 35.5. The zero-order chi connectivity index (χ0) is 16.8. The second-order valence-electron chi connectivity index (χ2n) is 5.62. The van der Waals surface area contributed by atoms with E-state index in [1.54, 1.807) is 25.1 Å². The fourth-order valence-corrected chi connectivity index (χ4v) is 2.25. The maximum absolute atomic E-state index is 11.6. The Kier molecular flexibility index (Phi) is 6.11. The third-order valence-corrected chi connectivity index (χ3v) is 3.33. The van der Waals surface area contributed by atoms with Gasteiger partial charge in [-0.2, -0.15) is 0 Å². The fourth-order valence-electron chi connectivity index (χ4n) is 2.06. The van der Waals surface area contributed by atoms with Crippen molar-refractivity contribution < 1.29 is 18.7 Å². The standard InChI is InChI=1S/C18H21ClO4/c1-4-21-18(20)17-8-6-15(23-17)10-13-9-14(19)5-7-16(13)22-11-12(2)3/h5-9,12H,4,10-11H2,1-3H3. The molecule has 0 aliphatic carbocycles. The normalized spacial score (nSPS) is 10.8. The topological polar surface area (TPSA) is 48.7 Å². The number of halogens is 1. The van der Waals surface area contributed by atoms with E-state index in [-0.39, 0.29) is 5.76 Å². The van der Waals surface area contributed by atoms with E-state index in [1.807, 2.05) is 12.1 Å². The highest BCUT2D eigenvalue weighted by molar-refractivity contribution is 6.30. The summed E-state index contributed by atoms with van der Waals surface area (Å²) in [6, 6.07) is 8.89. The SMILES string of the molecule is CCOC(=O)c1ccc(Cc2cc(Cl)ccc2OCC(C)C)o1. The highest BCUT2D eigenvalue weighted by Gasteiger charge is 2.14. The molecule has 0 amide bonds. The van der Waals surface area contributed by atoms with E-state index in [1.165, 1.54) is 0 Å². The third-order valence-electron chi connectivity index (χ3n) is 3.10. The molecule has 0 unspecified atom stereocenters. The summed E-state index contributed by atoms with van der Waals surface area (Å²) in [5.41, 5.74) is 0.919. The highest BCUT2D eigenvalue weighted by Crippen LogP contribution is 2.26. The molecule has 0 radical (unpaired) electrons. The number of hydrogen-bond donors (Lipinski definition) is 0. The molecule has 1 aromatic carbocycles. The molecule has 2 rings (SSSR count). The Bertz CT molecular complexity index is 661. The lowest BCUT2D eigenvalue weighted by molar-refractivity contribution is 0.0488. The molecule has 0 spiro atoms. The van der Waals surface area contributed by atoms with E-state index in [0.717, 1.165) is 11.3 Å². The first-order valence-corrected chi connectivity index (χ1v) is 8.04. The first-order valence-electron chi connectivity index (χ1n) is 7.66. The molecule has 5 heteroatoms. The molecule has 0 aliphatic rings. The molecule has 0 fully saturated rings. The van der Waals surface area contributed by atoms with Crippen molar-refractivity contribution in [1.29, 1.82) is 0 Å². The van der Waals surface area contributed by atoms with Gasteiger partial charge in [0, 0.05) is 17.0 Å². The summed E-state index contributed by atoms with van der Waals surface area (Å²) >= 11 is 6.08. The largest absolute Gasteiger partial charge is 0.493 e. The molecule has 0 saturated carbocycles. The summed E-state index contributed by atoms with van der Waals surface area (Å²) in [5.74, 6) is 1.61. The number of carbonyl (C=O) groups is 1. The minimum Gasteiger partial charge on any atom is -0.493 e. The minimum atomic E-state index is -0.457. The maximum Gasteiger partial charge on any atom is 0.374 e. The van der Waals surface area contributed by atoms with Crippen LogP contribution in [0.4, 0.5) is 0 Å². The molecule has 4 nitrogen and oxygen atoms in total. The second kappa shape index (κ2) is 8.06. The van der Waals surface area contributed by atoms with Crippen LogP contribution in [0.1, 0.15) is 42.6 Å². The summed E-state index contributed by atoms with van der Waals surface area (Å²) < 4.78 is 16.3. The van der Waals surface area contributed by atoms with Gasteiger partial charge in [0.2, 0.25) is 5.76 Å². The van der Waals surface area contributed by atoms with Gasteiger partial charge < -0.3 is 13.9 Å². The monoisotopic (exact) mass is 336 g/mol. The van der Waals surface area contributed by atoms with E-state index < -0.39 is 5.97 Å². The van der Waals surface area contributed by atoms with Crippen LogP contribution in [-0.4, -0.2) is 19.2 Å². The van der Waals surface area contributed by atoms with E-state index in [9.17, 15) is 4.79 Å². The van der Waals surface area contributed by atoms with Crippen LogP contribution in [0.3, 0.4) is 0 Å². The molecule has 2 aromatic rings. The Morgan fingerprint density at radius 1 is 1.26 bits per heavy atom. The Balaban J connectivity index is 2.15. The van der Waals surface area contributed by atoms with Crippen molar-refractivity contribution in [3.05, 3.63) is 52.4 Å². The van der Waals surface area contributed by atoms with Gasteiger partial charge in [-0.25, -0.2) is 4.79 Å². The van der Waals surface area contributed by atoms with E-state index in [2.05, 4.69) is 13.8 Å². The molecule has 0 aliphatic heterocycles. The molecular formula is C18H21ClO4. The van der Waals surface area contributed by atoms with E-state index >= 15 is 0 Å². The van der Waals surface area contributed by atoms with Crippen LogP contribution < -0.4 is 4.74 Å². The van der Waals surface area contributed by atoms with Gasteiger partial charge in [-0.15, -0.1) is 0 Å². The number of esters is 1. The van der Waals surface area contributed by atoms with E-state index in [0.29, 0.717) is 36.3 Å². The summed E-state index contributed by atoms with van der Waals surface area (Å²) in [7, 11) is 0. The van der Waals surface area contributed by atoms with Crippen LogP contribution in [0.15, 0.2) is 34.7 Å². The molecule has 0 bridgehead atoms. The molecule has 1 aromatic heterocycles. The van der Waals surface area contributed by atoms with Gasteiger partial charge in [-0.05, 0) is 43.2 Å². The number of furan rings is 1. The Hall–Kier alpha value is -1.94. The number of carbonyl (C=O) groups excluding carboxylic acids is 1. The fraction of sp³-hybridized carbons (Fsp3) is 0.389. The molecule has 1 heterocycles. The molecule has 124 valence electrons. The molecule has 0 N–H and O–H groups in total. The van der Waals surface area contributed by atoms with Crippen molar-refractivity contribution in [1.82, 2.24) is 0 Å². The van der Waals surface area contributed by atoms with Crippen LogP contribution in [0.25, 0.3) is 0 Å². The summed E-state index contributed by atoms with van der Waals surface area (Å²) in [5, 5.41) is 0.633. The smallest absolute Gasteiger partial charge is 0.374 e. The third kappa shape index (κ3) is 5.03. The number of rotatable bonds is 7. The number of benzene rings is 1. The minimum absolute atomic E-state index is 0.202. The lowest BCUT2D eigenvalue weighted by Crippen LogP contribution is -2.06. The second-order valence-corrected chi connectivity index (χ2v) is 6.06. The van der Waals surface area contributed by atoms with Crippen molar-refractivity contribution in [3.8, 4) is 5.75 Å². The molecule has 23 heavy (non-hydrogen) atoms. The predicted molar refractivity (Wildman–Crippen MR) is 89.3 cm³/mol. The van der Waals surface area contributed by atoms with E-state index in [4.69, 9.17) is 25.5 Å². The van der Waals surface area contributed by atoms with Crippen molar-refractivity contribution in [2.24, 2.45) is 5.92 Å². The van der Waals surface area contributed by atoms with Crippen LogP contribution in [0.2, 0.25) is 5.02 Å². The number of hydrogen-bond acceptors (Lipinski definition) is 4. The van der Waals surface area contributed by atoms with Gasteiger partial charge in [0.15, 0.2) is 0 Å². The number of ether oxygens (including phenoxy) is 2. The van der Waals surface area contributed by atoms with Crippen molar-refractivity contribution >= 4 is 17.6 Å². The Morgan fingerprint density at radius 2 is 2.04 bits per heavy atom. The lowest BCUT2D eigenvalue weighted by atomic mass is 10.1. The van der Waals surface area contributed by atoms with Crippen LogP contribution >= 0.6 is 11.6 Å². The zero-order valence-electron chi connectivity index (χ0n) is 13.6. The lowest BCUT2D eigenvalue weighted by Gasteiger charge is -2.13.